The number of rotatable bonds is 3. The SMILES string of the molecule is CCC1CCCC(N2CCN(CC#N)CC2)C1. The standard InChI is InChI=1S/C14H25N3/c1-2-13-4-3-5-14(12-13)17-10-8-16(7-6-15)9-11-17/h13-14H,2-5,7-12H2,1H3. The van der Waals surface area contributed by atoms with Crippen molar-refractivity contribution >= 4 is 0 Å². The van der Waals surface area contributed by atoms with Crippen LogP contribution in [0.5, 0.6) is 0 Å². The van der Waals surface area contributed by atoms with Crippen LogP contribution in [0.1, 0.15) is 39.0 Å². The van der Waals surface area contributed by atoms with Crippen LogP contribution >= 0.6 is 0 Å². The largest absolute Gasteiger partial charge is 0.298 e. The highest BCUT2D eigenvalue weighted by Gasteiger charge is 2.28. The second-order valence-electron chi connectivity index (χ2n) is 5.56. The zero-order valence-corrected chi connectivity index (χ0v) is 11.1. The summed E-state index contributed by atoms with van der Waals surface area (Å²) in [4.78, 5) is 4.95. The van der Waals surface area contributed by atoms with E-state index in [4.69, 9.17) is 5.26 Å². The number of nitrogens with zero attached hydrogens (tertiary/aromatic N) is 3. The van der Waals surface area contributed by atoms with Crippen LogP contribution in [0.25, 0.3) is 0 Å². The van der Waals surface area contributed by atoms with E-state index in [0.29, 0.717) is 6.54 Å². The van der Waals surface area contributed by atoms with E-state index in [9.17, 15) is 0 Å². The van der Waals surface area contributed by atoms with E-state index < -0.39 is 0 Å². The molecule has 2 unspecified atom stereocenters. The van der Waals surface area contributed by atoms with Gasteiger partial charge in [0.2, 0.25) is 0 Å². The van der Waals surface area contributed by atoms with Crippen LogP contribution in [0.3, 0.4) is 0 Å². The molecule has 1 aliphatic heterocycles. The van der Waals surface area contributed by atoms with E-state index >= 15 is 0 Å². The van der Waals surface area contributed by atoms with E-state index in [1.54, 1.807) is 0 Å². The monoisotopic (exact) mass is 235 g/mol. The predicted molar refractivity (Wildman–Crippen MR) is 69.7 cm³/mol. The third-order valence-electron chi connectivity index (χ3n) is 4.55. The maximum Gasteiger partial charge on any atom is 0.0866 e. The smallest absolute Gasteiger partial charge is 0.0866 e. The van der Waals surface area contributed by atoms with Gasteiger partial charge in [0.1, 0.15) is 0 Å². The first-order valence-corrected chi connectivity index (χ1v) is 7.16. The van der Waals surface area contributed by atoms with E-state index in [-0.39, 0.29) is 0 Å². The molecule has 2 aliphatic rings. The van der Waals surface area contributed by atoms with Gasteiger partial charge in [0.05, 0.1) is 12.6 Å². The molecule has 17 heavy (non-hydrogen) atoms. The lowest BCUT2D eigenvalue weighted by molar-refractivity contribution is 0.0715. The molecule has 1 heterocycles. The van der Waals surface area contributed by atoms with Crippen molar-refractivity contribution in [2.45, 2.75) is 45.1 Å². The lowest BCUT2D eigenvalue weighted by atomic mass is 9.83. The molecule has 0 aromatic rings. The van der Waals surface area contributed by atoms with Crippen LogP contribution in [0, 0.1) is 17.2 Å². The fourth-order valence-corrected chi connectivity index (χ4v) is 3.35. The normalized spacial score (nSPS) is 32.2. The highest BCUT2D eigenvalue weighted by atomic mass is 15.3. The van der Waals surface area contributed by atoms with Crippen molar-refractivity contribution in [3.8, 4) is 6.07 Å². The topological polar surface area (TPSA) is 30.3 Å². The summed E-state index contributed by atoms with van der Waals surface area (Å²) in [6.07, 6.45) is 7.03. The molecule has 0 bridgehead atoms. The lowest BCUT2D eigenvalue weighted by Gasteiger charge is -2.41. The van der Waals surface area contributed by atoms with Gasteiger partial charge in [0.15, 0.2) is 0 Å². The number of piperazine rings is 1. The molecule has 2 rings (SSSR count). The molecule has 1 saturated carbocycles. The summed E-state index contributed by atoms with van der Waals surface area (Å²) in [5.41, 5.74) is 0. The Balaban J connectivity index is 1.78. The molecular formula is C14H25N3. The van der Waals surface area contributed by atoms with Crippen molar-refractivity contribution in [3.63, 3.8) is 0 Å². The van der Waals surface area contributed by atoms with Crippen molar-refractivity contribution < 1.29 is 0 Å². The van der Waals surface area contributed by atoms with Crippen molar-refractivity contribution in [1.29, 1.82) is 5.26 Å². The van der Waals surface area contributed by atoms with Crippen LogP contribution in [-0.2, 0) is 0 Å². The van der Waals surface area contributed by atoms with Crippen molar-refractivity contribution in [2.75, 3.05) is 32.7 Å². The summed E-state index contributed by atoms with van der Waals surface area (Å²) in [5, 5.41) is 8.69. The summed E-state index contributed by atoms with van der Waals surface area (Å²) in [5.74, 6) is 0.964. The molecule has 1 aliphatic carbocycles. The molecule has 2 fully saturated rings. The van der Waals surface area contributed by atoms with Crippen molar-refractivity contribution in [2.24, 2.45) is 5.92 Å². The van der Waals surface area contributed by atoms with Gasteiger partial charge in [-0.1, -0.05) is 26.2 Å². The first-order chi connectivity index (χ1) is 8.33. The molecule has 2 atom stereocenters. The summed E-state index contributed by atoms with van der Waals surface area (Å²) in [6, 6.07) is 3.09. The van der Waals surface area contributed by atoms with Crippen LogP contribution < -0.4 is 0 Å². The molecule has 96 valence electrons. The van der Waals surface area contributed by atoms with Crippen LogP contribution in [0.4, 0.5) is 0 Å². The second-order valence-corrected chi connectivity index (χ2v) is 5.56. The molecule has 3 nitrogen and oxygen atoms in total. The highest BCUT2D eigenvalue weighted by Crippen LogP contribution is 2.30. The van der Waals surface area contributed by atoms with E-state index in [1.807, 2.05) is 0 Å². The van der Waals surface area contributed by atoms with E-state index in [2.05, 4.69) is 22.8 Å². The highest BCUT2D eigenvalue weighted by molar-refractivity contribution is 4.86. The summed E-state index contributed by atoms with van der Waals surface area (Å²) < 4.78 is 0. The van der Waals surface area contributed by atoms with Gasteiger partial charge in [-0.25, -0.2) is 0 Å². The van der Waals surface area contributed by atoms with Crippen molar-refractivity contribution in [3.05, 3.63) is 0 Å². The Morgan fingerprint density at radius 2 is 1.94 bits per heavy atom. The third-order valence-corrected chi connectivity index (χ3v) is 4.55. The van der Waals surface area contributed by atoms with Crippen molar-refractivity contribution in [1.82, 2.24) is 9.80 Å². The van der Waals surface area contributed by atoms with Gasteiger partial charge >= 0.3 is 0 Å². The summed E-state index contributed by atoms with van der Waals surface area (Å²) >= 11 is 0. The predicted octanol–water partition coefficient (Wildman–Crippen LogP) is 2.10. The fraction of sp³-hybridized carbons (Fsp3) is 0.929. The van der Waals surface area contributed by atoms with Gasteiger partial charge in [0, 0.05) is 32.2 Å². The zero-order valence-electron chi connectivity index (χ0n) is 11.1. The first kappa shape index (κ1) is 12.9. The average molecular weight is 235 g/mol. The zero-order chi connectivity index (χ0) is 12.1. The molecule has 0 aromatic carbocycles. The third kappa shape index (κ3) is 3.43. The van der Waals surface area contributed by atoms with Gasteiger partial charge < -0.3 is 0 Å². The molecule has 0 spiro atoms. The second kappa shape index (κ2) is 6.37. The molecular weight excluding hydrogens is 210 g/mol. The molecule has 1 saturated heterocycles. The molecule has 3 heteroatoms. The van der Waals surface area contributed by atoms with Gasteiger partial charge in [-0.2, -0.15) is 5.26 Å². The Morgan fingerprint density at radius 3 is 2.59 bits per heavy atom. The number of hydrogen-bond acceptors (Lipinski definition) is 3. The Kier molecular flexibility index (Phi) is 4.82. The van der Waals surface area contributed by atoms with Crippen LogP contribution in [0.2, 0.25) is 0 Å². The summed E-state index contributed by atoms with van der Waals surface area (Å²) in [6.45, 7) is 7.45. The Morgan fingerprint density at radius 1 is 1.18 bits per heavy atom. The quantitative estimate of drug-likeness (QED) is 0.702. The van der Waals surface area contributed by atoms with Gasteiger partial charge in [-0.3, -0.25) is 9.80 Å². The molecule has 0 amide bonds. The van der Waals surface area contributed by atoms with Gasteiger partial charge in [0.25, 0.3) is 0 Å². The molecule has 0 aromatic heterocycles. The Bertz CT molecular complexity index is 263. The minimum Gasteiger partial charge on any atom is -0.298 e. The Labute approximate surface area is 105 Å². The molecule has 0 N–H and O–H groups in total. The number of hydrogen-bond donors (Lipinski definition) is 0. The minimum atomic E-state index is 0.607. The minimum absolute atomic E-state index is 0.607. The summed E-state index contributed by atoms with van der Waals surface area (Å²) in [7, 11) is 0. The Hall–Kier alpha value is -0.590. The fourth-order valence-electron chi connectivity index (χ4n) is 3.35. The lowest BCUT2D eigenvalue weighted by Crippen LogP contribution is -2.51. The van der Waals surface area contributed by atoms with Gasteiger partial charge in [-0.15, -0.1) is 0 Å². The van der Waals surface area contributed by atoms with E-state index in [1.165, 1.54) is 45.2 Å². The average Bonchev–Trinajstić information content (AvgIpc) is 2.40. The number of nitriles is 1. The maximum absolute atomic E-state index is 8.69. The van der Waals surface area contributed by atoms with Crippen LogP contribution in [-0.4, -0.2) is 48.6 Å². The van der Waals surface area contributed by atoms with E-state index in [0.717, 1.165) is 25.0 Å². The molecule has 0 radical (unpaired) electrons. The van der Waals surface area contributed by atoms with Crippen LogP contribution in [0.15, 0.2) is 0 Å². The maximum atomic E-state index is 8.69. The van der Waals surface area contributed by atoms with Gasteiger partial charge in [-0.05, 0) is 18.8 Å². The first-order valence-electron chi connectivity index (χ1n) is 7.16.